The van der Waals surface area contributed by atoms with Gasteiger partial charge in [-0.25, -0.2) is 32.9 Å². The summed E-state index contributed by atoms with van der Waals surface area (Å²) < 4.78 is 39.0. The van der Waals surface area contributed by atoms with Crippen LogP contribution in [0.4, 0.5) is 24.9 Å². The number of hydrogen-bond acceptors (Lipinski definition) is 7. The Balaban J connectivity index is 1.47. The Morgan fingerprint density at radius 3 is 2.73 bits per heavy atom. The van der Waals surface area contributed by atoms with Crippen LogP contribution in [0.2, 0.25) is 0 Å². The quantitative estimate of drug-likeness (QED) is 0.387. The number of halogens is 3. The summed E-state index contributed by atoms with van der Waals surface area (Å²) in [6, 6.07) is 3.03. The molecule has 0 fully saturated rings. The number of aryl methyl sites for hydroxylation is 2. The summed E-state index contributed by atoms with van der Waals surface area (Å²) >= 11 is 0. The predicted octanol–water partition coefficient (Wildman–Crippen LogP) is 3.21. The van der Waals surface area contributed by atoms with Crippen molar-refractivity contribution in [3.8, 4) is 0 Å². The summed E-state index contributed by atoms with van der Waals surface area (Å²) in [6.07, 6.45) is 3.74. The van der Waals surface area contributed by atoms with Crippen molar-refractivity contribution in [3.63, 3.8) is 0 Å². The number of aromatic nitrogens is 3. The Morgan fingerprint density at radius 1 is 1.21 bits per heavy atom. The summed E-state index contributed by atoms with van der Waals surface area (Å²) in [4.78, 5) is 25.1. The minimum absolute atomic E-state index is 0.0313. The van der Waals surface area contributed by atoms with Crippen LogP contribution in [0.1, 0.15) is 36.9 Å². The second-order valence-electron chi connectivity index (χ2n) is 8.04. The Labute approximate surface area is 190 Å². The summed E-state index contributed by atoms with van der Waals surface area (Å²) in [5.41, 5.74) is 2.19. The SMILES string of the molecule is O=C(O)C(CCN(CCCCc1ccc2c(n1)NCCC2)CC(F)F)Nc1ncc(F)cn1. The third-order valence-corrected chi connectivity index (χ3v) is 5.46. The van der Waals surface area contributed by atoms with Crippen LogP contribution >= 0.6 is 0 Å². The van der Waals surface area contributed by atoms with Gasteiger partial charge in [-0.3, -0.25) is 4.90 Å². The molecule has 0 saturated heterocycles. The highest BCUT2D eigenvalue weighted by Crippen LogP contribution is 2.20. The fourth-order valence-corrected chi connectivity index (χ4v) is 3.75. The lowest BCUT2D eigenvalue weighted by atomic mass is 10.1. The minimum Gasteiger partial charge on any atom is -0.480 e. The Bertz CT molecular complexity index is 900. The van der Waals surface area contributed by atoms with Crippen molar-refractivity contribution < 1.29 is 23.1 Å². The first kappa shape index (κ1) is 24.7. The van der Waals surface area contributed by atoms with E-state index in [0.717, 1.165) is 56.1 Å². The zero-order valence-corrected chi connectivity index (χ0v) is 18.3. The molecular formula is C22H29F3N6O2. The number of carboxylic acids is 1. The van der Waals surface area contributed by atoms with E-state index in [1.54, 1.807) is 4.90 Å². The number of carboxylic acid groups (broad SMARTS) is 1. The van der Waals surface area contributed by atoms with Gasteiger partial charge in [0.05, 0.1) is 18.9 Å². The van der Waals surface area contributed by atoms with Gasteiger partial charge in [0, 0.05) is 18.8 Å². The molecule has 3 N–H and O–H groups in total. The molecule has 1 aliphatic heterocycles. The number of anilines is 2. The van der Waals surface area contributed by atoms with Gasteiger partial charge in [-0.2, -0.15) is 0 Å². The van der Waals surface area contributed by atoms with Gasteiger partial charge in [-0.05, 0) is 56.7 Å². The number of fused-ring (bicyclic) bond motifs is 1. The highest BCUT2D eigenvalue weighted by molar-refractivity contribution is 5.76. The number of carbonyl (C=O) groups is 1. The van der Waals surface area contributed by atoms with E-state index in [4.69, 9.17) is 0 Å². The molecule has 180 valence electrons. The minimum atomic E-state index is -2.52. The second-order valence-corrected chi connectivity index (χ2v) is 8.04. The number of aliphatic carboxylic acids is 1. The van der Waals surface area contributed by atoms with Crippen molar-refractivity contribution in [3.05, 3.63) is 41.6 Å². The summed E-state index contributed by atoms with van der Waals surface area (Å²) in [7, 11) is 0. The number of rotatable bonds is 13. The van der Waals surface area contributed by atoms with Crippen molar-refractivity contribution in [1.29, 1.82) is 0 Å². The third-order valence-electron chi connectivity index (χ3n) is 5.46. The highest BCUT2D eigenvalue weighted by Gasteiger charge is 2.21. The first-order chi connectivity index (χ1) is 15.9. The van der Waals surface area contributed by atoms with E-state index in [1.807, 2.05) is 6.07 Å². The molecule has 0 aliphatic carbocycles. The van der Waals surface area contributed by atoms with Crippen LogP contribution in [-0.2, 0) is 17.6 Å². The topological polar surface area (TPSA) is 103 Å². The van der Waals surface area contributed by atoms with Crippen molar-refractivity contribution in [2.75, 3.05) is 36.8 Å². The lowest BCUT2D eigenvalue weighted by molar-refractivity contribution is -0.138. The van der Waals surface area contributed by atoms with Crippen molar-refractivity contribution in [1.82, 2.24) is 19.9 Å². The first-order valence-electron chi connectivity index (χ1n) is 11.1. The summed E-state index contributed by atoms with van der Waals surface area (Å²) in [6.45, 7) is 1.08. The van der Waals surface area contributed by atoms with E-state index < -0.39 is 30.8 Å². The highest BCUT2D eigenvalue weighted by atomic mass is 19.3. The number of pyridine rings is 1. The van der Waals surface area contributed by atoms with Crippen LogP contribution in [0.15, 0.2) is 24.5 Å². The van der Waals surface area contributed by atoms with Crippen LogP contribution in [0.3, 0.4) is 0 Å². The number of hydrogen-bond donors (Lipinski definition) is 3. The van der Waals surface area contributed by atoms with E-state index in [1.165, 1.54) is 5.56 Å². The fourth-order valence-electron chi connectivity index (χ4n) is 3.75. The zero-order valence-electron chi connectivity index (χ0n) is 18.3. The van der Waals surface area contributed by atoms with Crippen LogP contribution < -0.4 is 10.6 Å². The zero-order chi connectivity index (χ0) is 23.6. The van der Waals surface area contributed by atoms with Gasteiger partial charge in [-0.1, -0.05) is 6.07 Å². The smallest absolute Gasteiger partial charge is 0.326 e. The Hall–Kier alpha value is -2.95. The average molecular weight is 467 g/mol. The third kappa shape index (κ3) is 8.16. The molecule has 0 saturated carbocycles. The van der Waals surface area contributed by atoms with Gasteiger partial charge in [0.15, 0.2) is 5.82 Å². The average Bonchev–Trinajstić information content (AvgIpc) is 2.79. The molecule has 0 radical (unpaired) electrons. The monoisotopic (exact) mass is 466 g/mol. The normalized spacial score (nSPS) is 14.1. The first-order valence-corrected chi connectivity index (χ1v) is 11.1. The van der Waals surface area contributed by atoms with Crippen molar-refractivity contribution in [2.45, 2.75) is 51.0 Å². The van der Waals surface area contributed by atoms with E-state index in [9.17, 15) is 23.1 Å². The number of unbranched alkanes of at least 4 members (excludes halogenated alkanes) is 1. The molecule has 0 amide bonds. The molecule has 2 aromatic heterocycles. The van der Waals surface area contributed by atoms with E-state index >= 15 is 0 Å². The predicted molar refractivity (Wildman–Crippen MR) is 118 cm³/mol. The molecule has 2 aromatic rings. The van der Waals surface area contributed by atoms with Gasteiger partial charge in [0.25, 0.3) is 6.43 Å². The Morgan fingerprint density at radius 2 is 2.00 bits per heavy atom. The molecule has 3 rings (SSSR count). The maximum Gasteiger partial charge on any atom is 0.326 e. The summed E-state index contributed by atoms with van der Waals surface area (Å²) in [5.74, 6) is -0.893. The second kappa shape index (κ2) is 12.3. The molecule has 1 unspecified atom stereocenters. The van der Waals surface area contributed by atoms with Crippen LogP contribution in [0, 0.1) is 5.82 Å². The molecule has 0 aromatic carbocycles. The van der Waals surface area contributed by atoms with Crippen LogP contribution in [0.5, 0.6) is 0 Å². The van der Waals surface area contributed by atoms with Gasteiger partial charge >= 0.3 is 5.97 Å². The van der Waals surface area contributed by atoms with Gasteiger partial charge in [0.2, 0.25) is 5.95 Å². The van der Waals surface area contributed by atoms with Crippen LogP contribution in [0.25, 0.3) is 0 Å². The fraction of sp³-hybridized carbons (Fsp3) is 0.545. The number of nitrogens with zero attached hydrogens (tertiary/aromatic N) is 4. The molecule has 0 spiro atoms. The number of nitrogens with one attached hydrogen (secondary N) is 2. The molecule has 1 atom stereocenters. The lowest BCUT2D eigenvalue weighted by Gasteiger charge is -2.24. The standard InChI is InChI=1S/C22H29F3N6O2/c23-16-12-27-22(28-13-16)30-18(21(32)33)8-11-31(14-19(24)25)10-2-1-5-17-7-6-15-4-3-9-26-20(15)29-17/h6-7,12-13,18-19H,1-5,8-11,14H2,(H,26,29)(H,32,33)(H,27,28,30). The number of alkyl halides is 2. The van der Waals surface area contributed by atoms with E-state index in [0.29, 0.717) is 13.0 Å². The van der Waals surface area contributed by atoms with Gasteiger partial charge in [-0.15, -0.1) is 0 Å². The van der Waals surface area contributed by atoms with Crippen LogP contribution in [-0.4, -0.2) is 69.6 Å². The van der Waals surface area contributed by atoms with Crippen molar-refractivity contribution >= 4 is 17.7 Å². The van der Waals surface area contributed by atoms with E-state index in [2.05, 4.69) is 31.7 Å². The molecule has 3 heterocycles. The molecule has 33 heavy (non-hydrogen) atoms. The van der Waals surface area contributed by atoms with E-state index in [-0.39, 0.29) is 18.9 Å². The van der Waals surface area contributed by atoms with Gasteiger partial charge < -0.3 is 15.7 Å². The molecule has 0 bridgehead atoms. The molecule has 8 nitrogen and oxygen atoms in total. The maximum atomic E-state index is 13.0. The molecule has 11 heteroatoms. The summed E-state index contributed by atoms with van der Waals surface area (Å²) in [5, 5.41) is 15.4. The largest absolute Gasteiger partial charge is 0.480 e. The Kier molecular flexibility index (Phi) is 9.23. The maximum absolute atomic E-state index is 13.0. The molecular weight excluding hydrogens is 437 g/mol. The molecule has 1 aliphatic rings. The van der Waals surface area contributed by atoms with Gasteiger partial charge in [0.1, 0.15) is 11.9 Å². The lowest BCUT2D eigenvalue weighted by Crippen LogP contribution is -2.37. The van der Waals surface area contributed by atoms with Crippen molar-refractivity contribution in [2.24, 2.45) is 0 Å².